The third kappa shape index (κ3) is 8.10. The van der Waals surface area contributed by atoms with Crippen LogP contribution in [-0.2, 0) is 6.54 Å². The summed E-state index contributed by atoms with van der Waals surface area (Å²) in [5, 5.41) is 19.5. The normalized spacial score (nSPS) is 12.7. The molecule has 3 aromatic rings. The standard InChI is InChI=1S/C25H29F3N4O4S2/c1-4-29-23(37)30-12-5-13-32-20(16-6-8-17(9-7-16)36-25(26,27)28)15-38-24(32)31-22(33)19-11-10-18(34-2)14-21(19)35-3/h6-11,14-15,22,33H,4-5,12-13H2,1-3H3,(H2,29,30,37). The Balaban J connectivity index is 1.93. The summed E-state index contributed by atoms with van der Waals surface area (Å²) >= 11 is 6.51. The van der Waals surface area contributed by atoms with Gasteiger partial charge in [-0.3, -0.25) is 0 Å². The van der Waals surface area contributed by atoms with Crippen LogP contribution in [0.4, 0.5) is 13.2 Å². The van der Waals surface area contributed by atoms with Crippen LogP contribution in [0.15, 0.2) is 52.8 Å². The predicted octanol–water partition coefficient (Wildman–Crippen LogP) is 4.60. The van der Waals surface area contributed by atoms with E-state index in [2.05, 4.69) is 20.4 Å². The van der Waals surface area contributed by atoms with Crippen LogP contribution in [0.3, 0.4) is 0 Å². The van der Waals surface area contributed by atoms with Gasteiger partial charge in [-0.25, -0.2) is 4.99 Å². The number of halogens is 3. The van der Waals surface area contributed by atoms with Crippen LogP contribution in [0.2, 0.25) is 0 Å². The molecule has 13 heteroatoms. The monoisotopic (exact) mass is 570 g/mol. The second-order valence-corrected chi connectivity index (χ2v) is 9.12. The number of thiazole rings is 1. The Morgan fingerprint density at radius 2 is 1.82 bits per heavy atom. The number of aliphatic hydroxyl groups excluding tert-OH is 1. The zero-order valence-electron chi connectivity index (χ0n) is 21.0. The topological polar surface area (TPSA) is 89.3 Å². The summed E-state index contributed by atoms with van der Waals surface area (Å²) in [6.07, 6.45) is -5.33. The van der Waals surface area contributed by atoms with Crippen molar-refractivity contribution in [2.24, 2.45) is 4.99 Å². The van der Waals surface area contributed by atoms with E-state index in [1.807, 2.05) is 16.9 Å². The highest BCUT2D eigenvalue weighted by atomic mass is 32.1. The Hall–Kier alpha value is -3.29. The number of alkyl halides is 3. The van der Waals surface area contributed by atoms with Gasteiger partial charge in [0, 0.05) is 36.6 Å². The Morgan fingerprint density at radius 3 is 2.45 bits per heavy atom. The van der Waals surface area contributed by atoms with Gasteiger partial charge in [-0.05, 0) is 67.5 Å². The molecule has 0 saturated heterocycles. The van der Waals surface area contributed by atoms with E-state index in [-0.39, 0.29) is 5.75 Å². The molecule has 0 fully saturated rings. The summed E-state index contributed by atoms with van der Waals surface area (Å²) in [5.41, 5.74) is 1.86. The molecule has 1 atom stereocenters. The smallest absolute Gasteiger partial charge is 0.497 e. The molecular weight excluding hydrogens is 541 g/mol. The van der Waals surface area contributed by atoms with E-state index in [4.69, 9.17) is 21.7 Å². The van der Waals surface area contributed by atoms with E-state index in [0.29, 0.717) is 58.6 Å². The van der Waals surface area contributed by atoms with Gasteiger partial charge in [0.25, 0.3) is 0 Å². The van der Waals surface area contributed by atoms with Gasteiger partial charge in [0.05, 0.1) is 19.9 Å². The molecule has 2 aromatic carbocycles. The Morgan fingerprint density at radius 1 is 1.11 bits per heavy atom. The van der Waals surface area contributed by atoms with Gasteiger partial charge >= 0.3 is 6.36 Å². The second kappa shape index (κ2) is 13.5. The van der Waals surface area contributed by atoms with Gasteiger partial charge in [-0.15, -0.1) is 24.5 Å². The number of benzene rings is 2. The van der Waals surface area contributed by atoms with Crippen molar-refractivity contribution in [1.29, 1.82) is 0 Å². The highest BCUT2D eigenvalue weighted by Crippen LogP contribution is 2.31. The number of hydrogen-bond donors (Lipinski definition) is 3. The minimum Gasteiger partial charge on any atom is -0.497 e. The fourth-order valence-corrected chi connectivity index (χ4v) is 4.78. The van der Waals surface area contributed by atoms with E-state index in [0.717, 1.165) is 5.69 Å². The van der Waals surface area contributed by atoms with Crippen LogP contribution in [0.25, 0.3) is 11.3 Å². The molecule has 1 unspecified atom stereocenters. The lowest BCUT2D eigenvalue weighted by Gasteiger charge is -2.14. The Labute approximate surface area is 227 Å². The Kier molecular flexibility index (Phi) is 10.4. The first-order valence-corrected chi connectivity index (χ1v) is 12.9. The van der Waals surface area contributed by atoms with Gasteiger partial charge in [0.2, 0.25) is 0 Å². The maximum absolute atomic E-state index is 12.6. The summed E-state index contributed by atoms with van der Waals surface area (Å²) in [6.45, 7) is 3.75. The highest BCUT2D eigenvalue weighted by Gasteiger charge is 2.31. The van der Waals surface area contributed by atoms with Gasteiger partial charge in [0.15, 0.2) is 16.1 Å². The summed E-state index contributed by atoms with van der Waals surface area (Å²) in [7, 11) is 3.03. The van der Waals surface area contributed by atoms with Crippen molar-refractivity contribution in [2.75, 3.05) is 27.3 Å². The van der Waals surface area contributed by atoms with E-state index in [1.165, 1.54) is 37.7 Å². The molecule has 3 rings (SSSR count). The number of aromatic nitrogens is 1. The van der Waals surface area contributed by atoms with E-state index in [9.17, 15) is 18.3 Å². The molecule has 38 heavy (non-hydrogen) atoms. The van der Waals surface area contributed by atoms with Crippen molar-refractivity contribution < 1.29 is 32.5 Å². The summed E-state index contributed by atoms with van der Waals surface area (Å²) < 4.78 is 54.2. The maximum Gasteiger partial charge on any atom is 0.573 e. The zero-order valence-corrected chi connectivity index (χ0v) is 22.7. The minimum absolute atomic E-state index is 0.309. The molecule has 1 aromatic heterocycles. The second-order valence-electron chi connectivity index (χ2n) is 7.88. The molecule has 0 spiro atoms. The number of aliphatic hydroxyl groups is 1. The first-order chi connectivity index (χ1) is 18.1. The molecule has 206 valence electrons. The lowest BCUT2D eigenvalue weighted by atomic mass is 10.1. The van der Waals surface area contributed by atoms with Crippen LogP contribution in [0, 0.1) is 0 Å². The number of nitrogens with zero attached hydrogens (tertiary/aromatic N) is 2. The van der Waals surface area contributed by atoms with Crippen molar-refractivity contribution in [3.63, 3.8) is 0 Å². The largest absolute Gasteiger partial charge is 0.573 e. The number of nitrogens with one attached hydrogen (secondary N) is 2. The molecule has 0 aliphatic carbocycles. The van der Waals surface area contributed by atoms with Crippen LogP contribution in [-0.4, -0.2) is 48.5 Å². The molecule has 0 aliphatic rings. The van der Waals surface area contributed by atoms with Crippen molar-refractivity contribution >= 4 is 28.7 Å². The lowest BCUT2D eigenvalue weighted by molar-refractivity contribution is -0.274. The van der Waals surface area contributed by atoms with Crippen LogP contribution < -0.4 is 29.6 Å². The van der Waals surface area contributed by atoms with Gasteiger partial charge < -0.3 is 34.5 Å². The number of thiocarbonyl (C=S) groups is 1. The van der Waals surface area contributed by atoms with E-state index >= 15 is 0 Å². The molecule has 0 bridgehead atoms. The molecule has 1 heterocycles. The average Bonchev–Trinajstić information content (AvgIpc) is 3.27. The van der Waals surface area contributed by atoms with E-state index < -0.39 is 12.6 Å². The average molecular weight is 571 g/mol. The third-order valence-electron chi connectivity index (χ3n) is 5.31. The molecule has 8 nitrogen and oxygen atoms in total. The molecule has 0 aliphatic heterocycles. The van der Waals surface area contributed by atoms with E-state index in [1.54, 1.807) is 30.3 Å². The number of ether oxygens (including phenoxy) is 3. The maximum atomic E-state index is 12.6. The van der Waals surface area contributed by atoms with Gasteiger partial charge in [-0.1, -0.05) is 0 Å². The van der Waals surface area contributed by atoms with Gasteiger partial charge in [-0.2, -0.15) is 0 Å². The first-order valence-electron chi connectivity index (χ1n) is 11.6. The minimum atomic E-state index is -4.77. The van der Waals surface area contributed by atoms with Crippen LogP contribution in [0.1, 0.15) is 25.1 Å². The molecule has 0 saturated carbocycles. The number of rotatable bonds is 11. The van der Waals surface area contributed by atoms with Crippen LogP contribution >= 0.6 is 23.6 Å². The van der Waals surface area contributed by atoms with Crippen LogP contribution in [0.5, 0.6) is 17.2 Å². The molecular formula is C25H29F3N4O4S2. The molecule has 0 radical (unpaired) electrons. The van der Waals surface area contributed by atoms with Gasteiger partial charge in [0.1, 0.15) is 17.2 Å². The number of hydrogen-bond acceptors (Lipinski definition) is 7. The fourth-order valence-electron chi connectivity index (χ4n) is 3.57. The third-order valence-corrected chi connectivity index (χ3v) is 6.48. The Bertz CT molecular complexity index is 1280. The summed E-state index contributed by atoms with van der Waals surface area (Å²) in [5.74, 6) is 0.689. The SMILES string of the molecule is CCNC(=S)NCCCn1c(-c2ccc(OC(F)(F)F)cc2)csc1=NC(O)c1ccc(OC)cc1OC. The first kappa shape index (κ1) is 29.3. The predicted molar refractivity (Wildman–Crippen MR) is 143 cm³/mol. The van der Waals surface area contributed by atoms with Crippen molar-refractivity contribution in [3.8, 4) is 28.5 Å². The lowest BCUT2D eigenvalue weighted by Crippen LogP contribution is -2.36. The van der Waals surface area contributed by atoms with Crippen molar-refractivity contribution in [3.05, 3.63) is 58.2 Å². The highest BCUT2D eigenvalue weighted by molar-refractivity contribution is 7.80. The fraction of sp³-hybridized carbons (Fsp3) is 0.360. The summed E-state index contributed by atoms with van der Waals surface area (Å²) in [4.78, 5) is 5.06. The molecule has 3 N–H and O–H groups in total. The quantitative estimate of drug-likeness (QED) is 0.229. The molecule has 0 amide bonds. The zero-order chi connectivity index (χ0) is 27.7. The number of methoxy groups -OCH3 is 2. The van der Waals surface area contributed by atoms with Crippen molar-refractivity contribution in [1.82, 2.24) is 15.2 Å². The van der Waals surface area contributed by atoms with Crippen molar-refractivity contribution in [2.45, 2.75) is 32.5 Å². The summed E-state index contributed by atoms with van der Waals surface area (Å²) in [6, 6.07) is 10.6.